The predicted molar refractivity (Wildman–Crippen MR) is 100 cm³/mol. The molecule has 1 heterocycles. The molecule has 1 amide bonds. The summed E-state index contributed by atoms with van der Waals surface area (Å²) < 4.78 is 1.53. The number of nitrogens with one attached hydrogen (secondary N) is 1. The first-order chi connectivity index (χ1) is 12.0. The number of carbonyl (C=O) groups excluding carboxylic acids is 1. The first-order valence-electron chi connectivity index (χ1n) is 8.77. The lowest BCUT2D eigenvalue weighted by Crippen LogP contribution is -2.37. The Morgan fingerprint density at radius 3 is 2.60 bits per heavy atom. The summed E-state index contributed by atoms with van der Waals surface area (Å²) in [6.45, 7) is 2.60. The lowest BCUT2D eigenvalue weighted by atomic mass is 9.87. The minimum atomic E-state index is -0.150. The van der Waals surface area contributed by atoms with Crippen LogP contribution in [-0.4, -0.2) is 16.5 Å². The van der Waals surface area contributed by atoms with Gasteiger partial charge in [-0.1, -0.05) is 36.7 Å². The SMILES string of the molecule is CC1CCC(NC(=O)c2ccc(=O)n(Cc3ccccc3Cl)c2)CC1. The Labute approximate surface area is 152 Å². The smallest absolute Gasteiger partial charge is 0.252 e. The Balaban J connectivity index is 1.73. The number of nitrogens with zero attached hydrogens (tertiary/aromatic N) is 1. The van der Waals surface area contributed by atoms with E-state index < -0.39 is 0 Å². The zero-order chi connectivity index (χ0) is 17.8. The van der Waals surface area contributed by atoms with Crippen molar-refractivity contribution in [2.24, 2.45) is 5.92 Å². The minimum Gasteiger partial charge on any atom is -0.349 e. The first kappa shape index (κ1) is 17.7. The lowest BCUT2D eigenvalue weighted by Gasteiger charge is -2.27. The highest BCUT2D eigenvalue weighted by atomic mass is 35.5. The number of hydrogen-bond acceptors (Lipinski definition) is 2. The highest BCUT2D eigenvalue weighted by molar-refractivity contribution is 6.31. The molecule has 25 heavy (non-hydrogen) atoms. The molecule has 5 heteroatoms. The van der Waals surface area contributed by atoms with Gasteiger partial charge in [-0.2, -0.15) is 0 Å². The highest BCUT2D eigenvalue weighted by Gasteiger charge is 2.20. The Hall–Kier alpha value is -2.07. The minimum absolute atomic E-state index is 0.118. The van der Waals surface area contributed by atoms with Crippen LogP contribution in [0.1, 0.15) is 48.5 Å². The molecule has 1 saturated carbocycles. The third-order valence-electron chi connectivity index (χ3n) is 4.90. The normalized spacial score (nSPS) is 20.2. The molecule has 3 rings (SSSR count). The molecule has 132 valence electrons. The van der Waals surface area contributed by atoms with Crippen LogP contribution in [-0.2, 0) is 6.54 Å². The molecule has 0 saturated heterocycles. The van der Waals surface area contributed by atoms with Crippen molar-refractivity contribution in [3.8, 4) is 0 Å². The summed E-state index contributed by atoms with van der Waals surface area (Å²) in [6.07, 6.45) is 5.96. The molecule has 0 aliphatic heterocycles. The van der Waals surface area contributed by atoms with E-state index in [4.69, 9.17) is 11.6 Å². The molecule has 1 fully saturated rings. The fraction of sp³-hybridized carbons (Fsp3) is 0.400. The maximum Gasteiger partial charge on any atom is 0.252 e. The molecule has 2 aromatic rings. The average molecular weight is 359 g/mol. The predicted octanol–water partition coefficient (Wildman–Crippen LogP) is 3.86. The first-order valence-corrected chi connectivity index (χ1v) is 9.15. The van der Waals surface area contributed by atoms with E-state index in [0.717, 1.165) is 37.2 Å². The molecular formula is C20H23ClN2O2. The summed E-state index contributed by atoms with van der Waals surface area (Å²) in [5.74, 6) is 0.623. The van der Waals surface area contributed by atoms with Crippen LogP contribution >= 0.6 is 11.6 Å². The number of aromatic nitrogens is 1. The van der Waals surface area contributed by atoms with Crippen LogP contribution in [0.15, 0.2) is 47.4 Å². The summed E-state index contributed by atoms with van der Waals surface area (Å²) in [5, 5.41) is 3.71. The molecule has 1 N–H and O–H groups in total. The number of rotatable bonds is 4. The summed E-state index contributed by atoms with van der Waals surface area (Å²) in [4.78, 5) is 24.6. The van der Waals surface area contributed by atoms with Crippen LogP contribution < -0.4 is 10.9 Å². The van der Waals surface area contributed by atoms with E-state index >= 15 is 0 Å². The maximum absolute atomic E-state index is 12.5. The van der Waals surface area contributed by atoms with Gasteiger partial charge in [0.1, 0.15) is 0 Å². The van der Waals surface area contributed by atoms with Crippen LogP contribution in [0.3, 0.4) is 0 Å². The van der Waals surface area contributed by atoms with Gasteiger partial charge >= 0.3 is 0 Å². The van der Waals surface area contributed by atoms with Crippen LogP contribution in [0.5, 0.6) is 0 Å². The summed E-state index contributed by atoms with van der Waals surface area (Å²) in [5.41, 5.74) is 1.21. The number of amides is 1. The van der Waals surface area contributed by atoms with E-state index in [1.807, 2.05) is 18.2 Å². The molecule has 1 aliphatic carbocycles. The van der Waals surface area contributed by atoms with Gasteiger partial charge in [-0.05, 0) is 49.3 Å². The van der Waals surface area contributed by atoms with Crippen LogP contribution in [0, 0.1) is 5.92 Å². The van der Waals surface area contributed by atoms with Crippen molar-refractivity contribution in [2.75, 3.05) is 0 Å². The molecule has 1 aromatic carbocycles. The molecule has 1 aliphatic rings. The quantitative estimate of drug-likeness (QED) is 0.902. The van der Waals surface area contributed by atoms with Crippen molar-refractivity contribution in [3.63, 3.8) is 0 Å². The molecular weight excluding hydrogens is 336 g/mol. The van der Waals surface area contributed by atoms with Gasteiger partial charge < -0.3 is 9.88 Å². The second-order valence-electron chi connectivity index (χ2n) is 6.91. The molecule has 0 bridgehead atoms. The highest BCUT2D eigenvalue weighted by Crippen LogP contribution is 2.23. The van der Waals surface area contributed by atoms with Crippen molar-refractivity contribution in [2.45, 2.75) is 45.2 Å². The molecule has 0 atom stereocenters. The summed E-state index contributed by atoms with van der Waals surface area (Å²) in [7, 11) is 0. The Kier molecular flexibility index (Phi) is 5.59. The fourth-order valence-corrected chi connectivity index (χ4v) is 3.47. The number of pyridine rings is 1. The molecule has 0 unspecified atom stereocenters. The zero-order valence-corrected chi connectivity index (χ0v) is 15.1. The van der Waals surface area contributed by atoms with Gasteiger partial charge in [-0.25, -0.2) is 0 Å². The van der Waals surface area contributed by atoms with Gasteiger partial charge in [0.2, 0.25) is 0 Å². The standard InChI is InChI=1S/C20H23ClN2O2/c1-14-6-9-17(10-7-14)22-20(25)16-8-11-19(24)23(13-16)12-15-4-2-3-5-18(15)21/h2-5,8,11,13-14,17H,6-7,9-10,12H2,1H3,(H,22,25). The number of halogens is 1. The lowest BCUT2D eigenvalue weighted by molar-refractivity contribution is 0.0922. The van der Waals surface area contributed by atoms with E-state index in [-0.39, 0.29) is 17.5 Å². The third kappa shape index (κ3) is 4.51. The van der Waals surface area contributed by atoms with Crippen molar-refractivity contribution in [1.29, 1.82) is 0 Å². The monoisotopic (exact) mass is 358 g/mol. The van der Waals surface area contributed by atoms with Crippen molar-refractivity contribution >= 4 is 17.5 Å². The topological polar surface area (TPSA) is 51.1 Å². The van der Waals surface area contributed by atoms with Crippen molar-refractivity contribution in [3.05, 3.63) is 69.1 Å². The van der Waals surface area contributed by atoms with Crippen LogP contribution in [0.4, 0.5) is 0 Å². The van der Waals surface area contributed by atoms with E-state index in [1.165, 1.54) is 10.6 Å². The molecule has 0 radical (unpaired) electrons. The largest absolute Gasteiger partial charge is 0.349 e. The Morgan fingerprint density at radius 1 is 1.16 bits per heavy atom. The van der Waals surface area contributed by atoms with Gasteiger partial charge in [-0.3, -0.25) is 9.59 Å². The van der Waals surface area contributed by atoms with Gasteiger partial charge in [0.25, 0.3) is 11.5 Å². The number of carbonyl (C=O) groups is 1. The van der Waals surface area contributed by atoms with Crippen molar-refractivity contribution in [1.82, 2.24) is 9.88 Å². The second kappa shape index (κ2) is 7.87. The Morgan fingerprint density at radius 2 is 1.88 bits per heavy atom. The average Bonchev–Trinajstić information content (AvgIpc) is 2.60. The van der Waals surface area contributed by atoms with Crippen LogP contribution in [0.2, 0.25) is 5.02 Å². The van der Waals surface area contributed by atoms with Crippen molar-refractivity contribution < 1.29 is 4.79 Å². The zero-order valence-electron chi connectivity index (χ0n) is 14.4. The van der Waals surface area contributed by atoms with E-state index in [2.05, 4.69) is 12.2 Å². The molecule has 4 nitrogen and oxygen atoms in total. The summed E-state index contributed by atoms with van der Waals surface area (Å²) >= 11 is 6.17. The maximum atomic E-state index is 12.5. The second-order valence-corrected chi connectivity index (χ2v) is 7.31. The van der Waals surface area contributed by atoms with E-state index in [9.17, 15) is 9.59 Å². The van der Waals surface area contributed by atoms with Gasteiger partial charge in [0.05, 0.1) is 12.1 Å². The third-order valence-corrected chi connectivity index (χ3v) is 5.26. The van der Waals surface area contributed by atoms with Gasteiger partial charge in [0, 0.05) is 23.3 Å². The summed E-state index contributed by atoms with van der Waals surface area (Å²) in [6, 6.07) is 10.7. The molecule has 0 spiro atoms. The Bertz CT molecular complexity index is 807. The fourth-order valence-electron chi connectivity index (χ4n) is 3.27. The van der Waals surface area contributed by atoms with Crippen LogP contribution in [0.25, 0.3) is 0 Å². The number of hydrogen-bond donors (Lipinski definition) is 1. The van der Waals surface area contributed by atoms with Gasteiger partial charge in [-0.15, -0.1) is 0 Å². The van der Waals surface area contributed by atoms with Gasteiger partial charge in [0.15, 0.2) is 0 Å². The number of benzene rings is 1. The van der Waals surface area contributed by atoms with E-state index in [1.54, 1.807) is 18.3 Å². The molecule has 1 aromatic heterocycles. The van der Waals surface area contributed by atoms with E-state index in [0.29, 0.717) is 17.1 Å².